The highest BCUT2D eigenvalue weighted by atomic mass is 35.5. The van der Waals surface area contributed by atoms with Crippen molar-refractivity contribution in [1.82, 2.24) is 15.2 Å². The van der Waals surface area contributed by atoms with Gasteiger partial charge < -0.3 is 10.2 Å². The minimum Gasteiger partial charge on any atom is -0.343 e. The number of hydrogen-bond acceptors (Lipinski definition) is 3. The average Bonchev–Trinajstić information content (AvgIpc) is 2.89. The van der Waals surface area contributed by atoms with Gasteiger partial charge in [-0.2, -0.15) is 0 Å². The first-order valence-electron chi connectivity index (χ1n) is 5.84. The molecule has 0 bridgehead atoms. The number of nitrogens with zero attached hydrogens (tertiary/aromatic N) is 2. The fourth-order valence-electron chi connectivity index (χ4n) is 1.88. The van der Waals surface area contributed by atoms with Crippen LogP contribution in [0.3, 0.4) is 0 Å². The lowest BCUT2D eigenvalue weighted by Crippen LogP contribution is -2.38. The molecule has 2 heterocycles. The molecule has 0 atom stereocenters. The SMILES string of the molecule is O=C(NCC(=O)N1CCCC1)c1ccnc(Cl)c1. The number of rotatable bonds is 3. The van der Waals surface area contributed by atoms with Crippen LogP contribution in [0.4, 0.5) is 0 Å². The van der Waals surface area contributed by atoms with Gasteiger partial charge in [-0.25, -0.2) is 4.98 Å². The Labute approximate surface area is 110 Å². The van der Waals surface area contributed by atoms with Crippen LogP contribution >= 0.6 is 11.6 Å². The molecule has 1 N–H and O–H groups in total. The quantitative estimate of drug-likeness (QED) is 0.834. The van der Waals surface area contributed by atoms with Gasteiger partial charge >= 0.3 is 0 Å². The molecule has 1 aromatic rings. The van der Waals surface area contributed by atoms with Gasteiger partial charge in [0.1, 0.15) is 5.15 Å². The molecule has 1 aliphatic rings. The Kier molecular flexibility index (Phi) is 4.15. The van der Waals surface area contributed by atoms with E-state index in [1.54, 1.807) is 11.0 Å². The zero-order valence-corrected chi connectivity index (χ0v) is 10.6. The normalized spacial score (nSPS) is 14.6. The van der Waals surface area contributed by atoms with Crippen molar-refractivity contribution in [3.8, 4) is 0 Å². The predicted molar refractivity (Wildman–Crippen MR) is 67.4 cm³/mol. The standard InChI is InChI=1S/C12H14ClN3O2/c13-10-7-9(3-4-14-10)12(18)15-8-11(17)16-5-1-2-6-16/h3-4,7H,1-2,5-6,8H2,(H,15,18). The number of carbonyl (C=O) groups excluding carboxylic acids is 2. The van der Waals surface area contributed by atoms with Gasteiger partial charge in [0.05, 0.1) is 6.54 Å². The largest absolute Gasteiger partial charge is 0.343 e. The van der Waals surface area contributed by atoms with Crippen LogP contribution in [0.1, 0.15) is 23.2 Å². The molecule has 2 amide bonds. The van der Waals surface area contributed by atoms with Crippen LogP contribution in [0, 0.1) is 0 Å². The third kappa shape index (κ3) is 3.20. The van der Waals surface area contributed by atoms with E-state index in [4.69, 9.17) is 11.6 Å². The maximum atomic E-state index is 11.7. The van der Waals surface area contributed by atoms with Crippen LogP contribution in [-0.4, -0.2) is 41.3 Å². The summed E-state index contributed by atoms with van der Waals surface area (Å²) < 4.78 is 0. The number of nitrogens with one attached hydrogen (secondary N) is 1. The first-order chi connectivity index (χ1) is 8.66. The van der Waals surface area contributed by atoms with E-state index in [2.05, 4.69) is 10.3 Å². The van der Waals surface area contributed by atoms with E-state index in [-0.39, 0.29) is 23.5 Å². The number of likely N-dealkylation sites (tertiary alicyclic amines) is 1. The van der Waals surface area contributed by atoms with E-state index < -0.39 is 0 Å². The molecule has 0 aliphatic carbocycles. The highest BCUT2D eigenvalue weighted by molar-refractivity contribution is 6.29. The molecule has 5 nitrogen and oxygen atoms in total. The molecule has 6 heteroatoms. The van der Waals surface area contributed by atoms with Gasteiger partial charge in [0.2, 0.25) is 5.91 Å². The first kappa shape index (κ1) is 12.8. The fourth-order valence-corrected chi connectivity index (χ4v) is 2.05. The Balaban J connectivity index is 1.86. The number of carbonyl (C=O) groups is 2. The lowest BCUT2D eigenvalue weighted by atomic mass is 10.2. The van der Waals surface area contributed by atoms with Crippen molar-refractivity contribution in [2.75, 3.05) is 19.6 Å². The summed E-state index contributed by atoms with van der Waals surface area (Å²) in [5.74, 6) is -0.354. The van der Waals surface area contributed by atoms with Gasteiger partial charge in [0.15, 0.2) is 0 Å². The van der Waals surface area contributed by atoms with Crippen molar-refractivity contribution in [3.63, 3.8) is 0 Å². The molecule has 1 aromatic heterocycles. The Morgan fingerprint density at radius 3 is 2.78 bits per heavy atom. The molecule has 96 valence electrons. The topological polar surface area (TPSA) is 62.3 Å². The minimum absolute atomic E-state index is 0.0266. The number of pyridine rings is 1. The van der Waals surface area contributed by atoms with E-state index in [0.717, 1.165) is 25.9 Å². The Bertz CT molecular complexity index is 458. The minimum atomic E-state index is -0.313. The van der Waals surface area contributed by atoms with Crippen molar-refractivity contribution >= 4 is 23.4 Å². The van der Waals surface area contributed by atoms with Gasteiger partial charge in [-0.05, 0) is 25.0 Å². The summed E-state index contributed by atoms with van der Waals surface area (Å²) in [7, 11) is 0. The molecule has 1 aliphatic heterocycles. The summed E-state index contributed by atoms with van der Waals surface area (Å²) in [6.45, 7) is 1.60. The Morgan fingerprint density at radius 2 is 2.11 bits per heavy atom. The monoisotopic (exact) mass is 267 g/mol. The Hall–Kier alpha value is -1.62. The van der Waals surface area contributed by atoms with Gasteiger partial charge in [0.25, 0.3) is 5.91 Å². The van der Waals surface area contributed by atoms with Crippen molar-refractivity contribution in [2.24, 2.45) is 0 Å². The summed E-state index contributed by atoms with van der Waals surface area (Å²) >= 11 is 5.69. The first-order valence-corrected chi connectivity index (χ1v) is 6.22. The summed E-state index contributed by atoms with van der Waals surface area (Å²) in [5.41, 5.74) is 0.407. The third-order valence-electron chi connectivity index (χ3n) is 2.85. The van der Waals surface area contributed by atoms with E-state index >= 15 is 0 Å². The fraction of sp³-hybridized carbons (Fsp3) is 0.417. The van der Waals surface area contributed by atoms with Gasteiger partial charge in [-0.3, -0.25) is 9.59 Å². The Morgan fingerprint density at radius 1 is 1.39 bits per heavy atom. The molecule has 0 unspecified atom stereocenters. The molecule has 1 saturated heterocycles. The second-order valence-electron chi connectivity index (χ2n) is 4.14. The summed E-state index contributed by atoms with van der Waals surface area (Å²) in [6.07, 6.45) is 3.54. The molecule has 18 heavy (non-hydrogen) atoms. The average molecular weight is 268 g/mol. The second kappa shape index (κ2) is 5.82. The smallest absolute Gasteiger partial charge is 0.251 e. The molecule has 0 aromatic carbocycles. The van der Waals surface area contributed by atoms with Crippen molar-refractivity contribution in [1.29, 1.82) is 0 Å². The predicted octanol–water partition coefficient (Wildman–Crippen LogP) is 1.09. The number of aromatic nitrogens is 1. The molecule has 0 radical (unpaired) electrons. The van der Waals surface area contributed by atoms with Crippen LogP contribution in [0.25, 0.3) is 0 Å². The number of halogens is 1. The van der Waals surface area contributed by atoms with E-state index in [1.807, 2.05) is 0 Å². The van der Waals surface area contributed by atoms with Crippen molar-refractivity contribution in [2.45, 2.75) is 12.8 Å². The molecule has 2 rings (SSSR count). The van der Waals surface area contributed by atoms with Gasteiger partial charge in [0, 0.05) is 24.8 Å². The third-order valence-corrected chi connectivity index (χ3v) is 3.05. The highest BCUT2D eigenvalue weighted by Crippen LogP contribution is 2.08. The number of amides is 2. The second-order valence-corrected chi connectivity index (χ2v) is 4.53. The number of hydrogen-bond donors (Lipinski definition) is 1. The van der Waals surface area contributed by atoms with Crippen LogP contribution < -0.4 is 5.32 Å². The molecule has 0 spiro atoms. The maximum Gasteiger partial charge on any atom is 0.251 e. The zero-order chi connectivity index (χ0) is 13.0. The lowest BCUT2D eigenvalue weighted by Gasteiger charge is -2.15. The van der Waals surface area contributed by atoms with E-state index in [9.17, 15) is 9.59 Å². The lowest BCUT2D eigenvalue weighted by molar-refractivity contribution is -0.129. The van der Waals surface area contributed by atoms with Crippen LogP contribution in [0.5, 0.6) is 0 Å². The van der Waals surface area contributed by atoms with Crippen molar-refractivity contribution < 1.29 is 9.59 Å². The van der Waals surface area contributed by atoms with Crippen LogP contribution in [0.2, 0.25) is 5.15 Å². The molecular weight excluding hydrogens is 254 g/mol. The summed E-state index contributed by atoms with van der Waals surface area (Å²) in [4.78, 5) is 29.0. The van der Waals surface area contributed by atoms with E-state index in [1.165, 1.54) is 12.3 Å². The molecule has 0 saturated carbocycles. The molecule has 1 fully saturated rings. The maximum absolute atomic E-state index is 11.7. The zero-order valence-electron chi connectivity index (χ0n) is 9.86. The summed E-state index contributed by atoms with van der Waals surface area (Å²) in [5, 5.41) is 2.84. The van der Waals surface area contributed by atoms with Crippen LogP contribution in [0.15, 0.2) is 18.3 Å². The van der Waals surface area contributed by atoms with Crippen molar-refractivity contribution in [3.05, 3.63) is 29.0 Å². The molecular formula is C12H14ClN3O2. The van der Waals surface area contributed by atoms with Gasteiger partial charge in [-0.15, -0.1) is 0 Å². The van der Waals surface area contributed by atoms with E-state index in [0.29, 0.717) is 5.56 Å². The van der Waals surface area contributed by atoms with Gasteiger partial charge in [-0.1, -0.05) is 11.6 Å². The summed E-state index contributed by atoms with van der Waals surface area (Å²) in [6, 6.07) is 3.03. The highest BCUT2D eigenvalue weighted by Gasteiger charge is 2.18. The van der Waals surface area contributed by atoms with Crippen LogP contribution in [-0.2, 0) is 4.79 Å².